The number of hydrogen-bond donors (Lipinski definition) is 1. The number of piperidine rings is 1. The van der Waals surface area contributed by atoms with Gasteiger partial charge in [-0.05, 0) is 61.8 Å². The molecule has 1 saturated heterocycles. The highest BCUT2D eigenvalue weighted by Gasteiger charge is 2.26. The number of carbonyl (C=O) groups excluding carboxylic acids is 2. The second-order valence-corrected chi connectivity index (χ2v) is 8.68. The lowest BCUT2D eigenvalue weighted by Gasteiger charge is -2.33. The van der Waals surface area contributed by atoms with Gasteiger partial charge in [-0.15, -0.1) is 11.8 Å². The molecule has 2 aromatic rings. The summed E-state index contributed by atoms with van der Waals surface area (Å²) in [5.41, 5.74) is 1.33. The maximum absolute atomic E-state index is 13.0. The van der Waals surface area contributed by atoms with Crippen molar-refractivity contribution in [2.75, 3.05) is 31.8 Å². The second kappa shape index (κ2) is 10.7. The Morgan fingerprint density at radius 2 is 2.07 bits per heavy atom. The normalized spacial score (nSPS) is 16.2. The van der Waals surface area contributed by atoms with Crippen molar-refractivity contribution < 1.29 is 14.3 Å². The van der Waals surface area contributed by atoms with Crippen molar-refractivity contribution in [2.24, 2.45) is 5.92 Å². The Labute approximate surface area is 187 Å². The molecule has 1 fully saturated rings. The number of amides is 2. The first-order valence-corrected chi connectivity index (χ1v) is 11.7. The van der Waals surface area contributed by atoms with Crippen LogP contribution in [0.1, 0.15) is 36.0 Å². The summed E-state index contributed by atoms with van der Waals surface area (Å²) >= 11 is 7.62. The highest BCUT2D eigenvalue weighted by molar-refractivity contribution is 7.98. The molecule has 160 valence electrons. The van der Waals surface area contributed by atoms with Crippen LogP contribution in [-0.2, 0) is 4.79 Å². The quantitative estimate of drug-likeness (QED) is 0.583. The summed E-state index contributed by atoms with van der Waals surface area (Å²) in [7, 11) is 1.56. The Balaban J connectivity index is 1.56. The van der Waals surface area contributed by atoms with Crippen LogP contribution in [0.2, 0.25) is 5.02 Å². The third kappa shape index (κ3) is 5.70. The molecule has 3 rings (SSSR count). The summed E-state index contributed by atoms with van der Waals surface area (Å²) in [6.45, 7) is 1.46. The van der Waals surface area contributed by atoms with Crippen LogP contribution >= 0.6 is 23.4 Å². The number of halogens is 1. The Morgan fingerprint density at radius 1 is 1.27 bits per heavy atom. The molecule has 0 radical (unpaired) electrons. The van der Waals surface area contributed by atoms with E-state index in [1.807, 2.05) is 35.4 Å². The first-order chi connectivity index (χ1) is 14.5. The van der Waals surface area contributed by atoms with Gasteiger partial charge in [-0.1, -0.05) is 23.7 Å². The van der Waals surface area contributed by atoms with Crippen molar-refractivity contribution in [2.45, 2.75) is 30.6 Å². The van der Waals surface area contributed by atoms with Crippen molar-refractivity contribution >= 4 is 40.9 Å². The molecule has 1 aliphatic rings. The number of nitrogens with one attached hydrogen (secondary N) is 1. The minimum absolute atomic E-state index is 0.0771. The molecule has 7 heteroatoms. The van der Waals surface area contributed by atoms with E-state index in [0.29, 0.717) is 35.3 Å². The Hall–Kier alpha value is -2.18. The van der Waals surface area contributed by atoms with E-state index in [1.165, 1.54) is 0 Å². The van der Waals surface area contributed by atoms with E-state index in [-0.39, 0.29) is 11.8 Å². The van der Waals surface area contributed by atoms with Crippen molar-refractivity contribution in [3.63, 3.8) is 0 Å². The molecular weight excluding hydrogens is 420 g/mol. The first kappa shape index (κ1) is 22.5. The summed E-state index contributed by atoms with van der Waals surface area (Å²) < 4.78 is 5.28. The average molecular weight is 447 g/mol. The van der Waals surface area contributed by atoms with Gasteiger partial charge in [0.05, 0.1) is 18.4 Å². The average Bonchev–Trinajstić information content (AvgIpc) is 2.77. The first-order valence-electron chi connectivity index (χ1n) is 10.1. The lowest BCUT2D eigenvalue weighted by molar-refractivity contribution is -0.116. The number of hydrogen-bond acceptors (Lipinski definition) is 4. The number of anilines is 1. The summed E-state index contributed by atoms with van der Waals surface area (Å²) in [6, 6.07) is 12.9. The van der Waals surface area contributed by atoms with Crippen molar-refractivity contribution in [1.82, 2.24) is 4.90 Å². The Kier molecular flexibility index (Phi) is 8.05. The van der Waals surface area contributed by atoms with Gasteiger partial charge in [0.15, 0.2) is 0 Å². The van der Waals surface area contributed by atoms with Crippen molar-refractivity contribution in [3.05, 3.63) is 53.1 Å². The Morgan fingerprint density at radius 3 is 2.83 bits per heavy atom. The molecule has 1 heterocycles. The van der Waals surface area contributed by atoms with Crippen molar-refractivity contribution in [3.8, 4) is 5.75 Å². The predicted octanol–water partition coefficient (Wildman–Crippen LogP) is 5.34. The maximum atomic E-state index is 13.0. The molecular formula is C23H27ClN2O3S. The molecule has 0 aliphatic carbocycles. The largest absolute Gasteiger partial charge is 0.495 e. The van der Waals surface area contributed by atoms with E-state index in [4.69, 9.17) is 16.3 Å². The van der Waals surface area contributed by atoms with E-state index in [0.717, 1.165) is 36.3 Å². The third-order valence-corrected chi connectivity index (χ3v) is 6.39. The lowest BCUT2D eigenvalue weighted by Crippen LogP contribution is -2.40. The zero-order valence-corrected chi connectivity index (χ0v) is 18.9. The fraction of sp³-hybridized carbons (Fsp3) is 0.391. The number of carbonyl (C=O) groups is 2. The van der Waals surface area contributed by atoms with Crippen LogP contribution in [-0.4, -0.2) is 43.2 Å². The number of thioether (sulfide) groups is 1. The Bertz CT molecular complexity index is 906. The van der Waals surface area contributed by atoms with Crippen LogP contribution in [0.5, 0.6) is 5.75 Å². The highest BCUT2D eigenvalue weighted by atomic mass is 35.5. The van der Waals surface area contributed by atoms with Gasteiger partial charge in [0.1, 0.15) is 5.75 Å². The van der Waals surface area contributed by atoms with Gasteiger partial charge < -0.3 is 15.0 Å². The van der Waals surface area contributed by atoms with Crippen LogP contribution in [0.25, 0.3) is 0 Å². The number of likely N-dealkylation sites (tertiary alicyclic amines) is 1. The van der Waals surface area contributed by atoms with Gasteiger partial charge in [0, 0.05) is 29.4 Å². The van der Waals surface area contributed by atoms with Crippen LogP contribution in [0.4, 0.5) is 5.69 Å². The van der Waals surface area contributed by atoms with E-state index in [1.54, 1.807) is 37.1 Å². The molecule has 1 N–H and O–H groups in total. The van der Waals surface area contributed by atoms with Gasteiger partial charge in [-0.2, -0.15) is 0 Å². The summed E-state index contributed by atoms with van der Waals surface area (Å²) in [5.74, 6) is 0.898. The molecule has 0 spiro atoms. The molecule has 0 unspecified atom stereocenters. The summed E-state index contributed by atoms with van der Waals surface area (Å²) in [5, 5.41) is 3.42. The van der Waals surface area contributed by atoms with Crippen LogP contribution in [0, 0.1) is 5.92 Å². The lowest BCUT2D eigenvalue weighted by atomic mass is 9.92. The molecule has 0 aromatic heterocycles. The van der Waals surface area contributed by atoms with Crippen molar-refractivity contribution in [1.29, 1.82) is 0 Å². The summed E-state index contributed by atoms with van der Waals surface area (Å²) in [4.78, 5) is 28.4. The van der Waals surface area contributed by atoms with Crippen LogP contribution < -0.4 is 10.1 Å². The number of methoxy groups -OCH3 is 1. The third-order valence-electron chi connectivity index (χ3n) is 5.36. The van der Waals surface area contributed by atoms with Gasteiger partial charge in [0.2, 0.25) is 5.91 Å². The van der Waals surface area contributed by atoms with Gasteiger partial charge in [-0.3, -0.25) is 9.59 Å². The molecule has 30 heavy (non-hydrogen) atoms. The minimum Gasteiger partial charge on any atom is -0.495 e. The molecule has 2 amide bonds. The number of benzene rings is 2. The number of nitrogens with zero attached hydrogens (tertiary/aromatic N) is 1. The zero-order chi connectivity index (χ0) is 21.5. The minimum atomic E-state index is -0.0771. The van der Waals surface area contributed by atoms with Gasteiger partial charge in [0.25, 0.3) is 5.91 Å². The fourth-order valence-electron chi connectivity index (χ4n) is 3.80. The van der Waals surface area contributed by atoms with E-state index in [9.17, 15) is 9.59 Å². The smallest absolute Gasteiger partial charge is 0.254 e. The molecule has 2 aromatic carbocycles. The number of ether oxygens (including phenoxy) is 1. The van der Waals surface area contributed by atoms with E-state index < -0.39 is 0 Å². The molecule has 0 saturated carbocycles. The molecule has 1 aliphatic heterocycles. The fourth-order valence-corrected chi connectivity index (χ4v) is 4.56. The van der Waals surface area contributed by atoms with Gasteiger partial charge in [-0.25, -0.2) is 0 Å². The maximum Gasteiger partial charge on any atom is 0.254 e. The number of rotatable bonds is 7. The van der Waals surface area contributed by atoms with Gasteiger partial charge >= 0.3 is 0 Å². The van der Waals surface area contributed by atoms with Crippen LogP contribution in [0.3, 0.4) is 0 Å². The monoisotopic (exact) mass is 446 g/mol. The standard InChI is InChI=1S/C23H27ClN2O3S/c1-29-20-11-10-17(24)14-19(20)25-22(27)12-9-16-6-5-13-26(15-16)23(28)18-7-3-4-8-21(18)30-2/h3-4,7-8,10-11,14,16H,5-6,9,12-13,15H2,1-2H3,(H,25,27)/t16-/m0/s1. The van der Waals surface area contributed by atoms with E-state index in [2.05, 4.69) is 5.32 Å². The molecule has 1 atom stereocenters. The highest BCUT2D eigenvalue weighted by Crippen LogP contribution is 2.29. The predicted molar refractivity (Wildman–Crippen MR) is 123 cm³/mol. The van der Waals surface area contributed by atoms with Crippen LogP contribution in [0.15, 0.2) is 47.4 Å². The second-order valence-electron chi connectivity index (χ2n) is 7.39. The zero-order valence-electron chi connectivity index (χ0n) is 17.3. The SMILES string of the molecule is COc1ccc(Cl)cc1NC(=O)CC[C@@H]1CCCN(C(=O)c2ccccc2SC)C1. The van der Waals surface area contributed by atoms with E-state index >= 15 is 0 Å². The molecule has 5 nitrogen and oxygen atoms in total. The molecule has 0 bridgehead atoms. The summed E-state index contributed by atoms with van der Waals surface area (Å²) in [6.07, 6.45) is 5.11. The topological polar surface area (TPSA) is 58.6 Å².